The van der Waals surface area contributed by atoms with Crippen molar-refractivity contribution in [2.24, 2.45) is 5.92 Å². The van der Waals surface area contributed by atoms with E-state index in [-0.39, 0.29) is 12.1 Å². The van der Waals surface area contributed by atoms with Crippen LogP contribution in [0.2, 0.25) is 0 Å². The van der Waals surface area contributed by atoms with Gasteiger partial charge in [0.15, 0.2) is 0 Å². The zero-order chi connectivity index (χ0) is 16.5. The average Bonchev–Trinajstić information content (AvgIpc) is 2.60. The summed E-state index contributed by atoms with van der Waals surface area (Å²) in [7, 11) is 0. The van der Waals surface area contributed by atoms with Crippen LogP contribution in [0, 0.1) is 5.92 Å². The first-order chi connectivity index (χ1) is 11.2. The zero-order valence-electron chi connectivity index (χ0n) is 14.1. The topological polar surface area (TPSA) is 35.5 Å². The molecule has 0 aromatic heterocycles. The zero-order valence-corrected chi connectivity index (χ0v) is 14.1. The molecule has 0 spiro atoms. The van der Waals surface area contributed by atoms with Gasteiger partial charge in [0.2, 0.25) is 0 Å². The molecule has 0 bridgehead atoms. The summed E-state index contributed by atoms with van der Waals surface area (Å²) < 4.78 is 11.3. The fraction of sp³-hybridized carbons (Fsp3) is 0.550. The van der Waals surface area contributed by atoms with Gasteiger partial charge in [0.25, 0.3) is 0 Å². The molecule has 0 saturated heterocycles. The first-order valence-electron chi connectivity index (χ1n) is 8.71. The van der Waals surface area contributed by atoms with Crippen LogP contribution >= 0.6 is 0 Å². The summed E-state index contributed by atoms with van der Waals surface area (Å²) in [4.78, 5) is 11.9. The van der Waals surface area contributed by atoms with E-state index in [1.54, 1.807) is 0 Å². The van der Waals surface area contributed by atoms with Gasteiger partial charge in [-0.1, -0.05) is 56.2 Å². The van der Waals surface area contributed by atoms with Gasteiger partial charge >= 0.3 is 5.97 Å². The molecular formula is C20H28O3. The first kappa shape index (κ1) is 17.7. The Labute approximate surface area is 139 Å². The molecule has 3 heteroatoms. The number of carbonyl (C=O) groups is 1. The van der Waals surface area contributed by atoms with E-state index < -0.39 is 0 Å². The molecule has 1 aliphatic carbocycles. The van der Waals surface area contributed by atoms with Crippen molar-refractivity contribution >= 4 is 5.97 Å². The Morgan fingerprint density at radius 3 is 2.57 bits per heavy atom. The summed E-state index contributed by atoms with van der Waals surface area (Å²) in [5.74, 6) is 0.218. The number of hydrogen-bond acceptors (Lipinski definition) is 3. The van der Waals surface area contributed by atoms with Crippen LogP contribution in [0.15, 0.2) is 42.5 Å². The van der Waals surface area contributed by atoms with E-state index >= 15 is 0 Å². The minimum Gasteiger partial charge on any atom is -0.463 e. The highest BCUT2D eigenvalue weighted by molar-refractivity contribution is 5.87. The monoisotopic (exact) mass is 316 g/mol. The van der Waals surface area contributed by atoms with Gasteiger partial charge in [-0.15, -0.1) is 0 Å². The van der Waals surface area contributed by atoms with Gasteiger partial charge < -0.3 is 9.47 Å². The number of carbonyl (C=O) groups excluding carboxylic acids is 1. The Bertz CT molecular complexity index is 489. The van der Waals surface area contributed by atoms with E-state index in [4.69, 9.17) is 9.47 Å². The Kier molecular flexibility index (Phi) is 7.34. The van der Waals surface area contributed by atoms with Gasteiger partial charge in [-0.2, -0.15) is 0 Å². The van der Waals surface area contributed by atoms with Crippen LogP contribution < -0.4 is 0 Å². The molecule has 0 heterocycles. The summed E-state index contributed by atoms with van der Waals surface area (Å²) in [5, 5.41) is 0. The van der Waals surface area contributed by atoms with Gasteiger partial charge in [-0.3, -0.25) is 0 Å². The fourth-order valence-corrected chi connectivity index (χ4v) is 3.20. The van der Waals surface area contributed by atoms with E-state index in [2.05, 4.69) is 18.7 Å². The Morgan fingerprint density at radius 1 is 1.22 bits per heavy atom. The molecule has 0 N–H and O–H groups in total. The molecular weight excluding hydrogens is 288 g/mol. The molecule has 1 saturated carbocycles. The van der Waals surface area contributed by atoms with Crippen LogP contribution in [0.5, 0.6) is 0 Å². The Balaban J connectivity index is 1.96. The summed E-state index contributed by atoms with van der Waals surface area (Å²) in [6.07, 6.45) is 6.78. The molecule has 0 radical (unpaired) electrons. The van der Waals surface area contributed by atoms with Crippen molar-refractivity contribution in [3.63, 3.8) is 0 Å². The molecule has 0 unspecified atom stereocenters. The molecule has 1 atom stereocenters. The Morgan fingerprint density at radius 2 is 1.91 bits per heavy atom. The van der Waals surface area contributed by atoms with E-state index in [0.29, 0.717) is 31.1 Å². The second kappa shape index (κ2) is 9.51. The third kappa shape index (κ3) is 5.83. The predicted octanol–water partition coefficient (Wildman–Crippen LogP) is 4.66. The van der Waals surface area contributed by atoms with Gasteiger partial charge in [0.1, 0.15) is 0 Å². The second-order valence-electron chi connectivity index (χ2n) is 6.26. The van der Waals surface area contributed by atoms with Crippen LogP contribution in [0.4, 0.5) is 0 Å². The maximum atomic E-state index is 11.9. The lowest BCUT2D eigenvalue weighted by Crippen LogP contribution is -2.28. The summed E-state index contributed by atoms with van der Waals surface area (Å²) >= 11 is 0. The van der Waals surface area contributed by atoms with Crippen molar-refractivity contribution in [1.82, 2.24) is 0 Å². The van der Waals surface area contributed by atoms with Crippen molar-refractivity contribution < 1.29 is 14.3 Å². The van der Waals surface area contributed by atoms with Gasteiger partial charge in [0.05, 0.1) is 19.3 Å². The molecule has 1 aromatic carbocycles. The van der Waals surface area contributed by atoms with Crippen molar-refractivity contribution in [2.45, 2.75) is 58.2 Å². The molecule has 23 heavy (non-hydrogen) atoms. The fourth-order valence-electron chi connectivity index (χ4n) is 3.20. The van der Waals surface area contributed by atoms with Crippen LogP contribution in [0.1, 0.15) is 51.0 Å². The minimum absolute atomic E-state index is 0.0485. The van der Waals surface area contributed by atoms with Crippen molar-refractivity contribution in [1.29, 1.82) is 0 Å². The highest BCUT2D eigenvalue weighted by Crippen LogP contribution is 2.31. The molecule has 1 aromatic rings. The maximum absolute atomic E-state index is 11.9. The summed E-state index contributed by atoms with van der Waals surface area (Å²) in [6.45, 7) is 6.69. The van der Waals surface area contributed by atoms with E-state index in [1.807, 2.05) is 25.1 Å². The number of benzene rings is 1. The van der Waals surface area contributed by atoms with Gasteiger partial charge in [-0.05, 0) is 31.2 Å². The van der Waals surface area contributed by atoms with Gasteiger partial charge in [0, 0.05) is 12.0 Å². The van der Waals surface area contributed by atoms with Crippen LogP contribution in [0.25, 0.3) is 0 Å². The summed E-state index contributed by atoms with van der Waals surface area (Å²) in [5.41, 5.74) is 1.69. The average molecular weight is 316 g/mol. The highest BCUT2D eigenvalue weighted by Gasteiger charge is 2.26. The van der Waals surface area contributed by atoms with Gasteiger partial charge in [-0.25, -0.2) is 4.79 Å². The smallest absolute Gasteiger partial charge is 0.333 e. The number of rotatable bonds is 8. The number of esters is 1. The van der Waals surface area contributed by atoms with Crippen molar-refractivity contribution in [2.75, 3.05) is 6.61 Å². The molecule has 1 fully saturated rings. The largest absolute Gasteiger partial charge is 0.463 e. The standard InChI is InChI=1S/C20H28O3/c1-3-22-20(21)16(2)14-19(18-12-8-5-9-13-18)23-15-17-10-6-4-7-11-17/h4,6-7,10-11,18-19H,2-3,5,8-9,12-15H2,1H3/t19-/m1/s1. The lowest BCUT2D eigenvalue weighted by Gasteiger charge is -2.30. The molecule has 0 aliphatic heterocycles. The minimum atomic E-state index is -0.295. The summed E-state index contributed by atoms with van der Waals surface area (Å²) in [6, 6.07) is 10.2. The maximum Gasteiger partial charge on any atom is 0.333 e. The quantitative estimate of drug-likeness (QED) is 0.517. The SMILES string of the molecule is C=C(C[C@@H](OCc1ccccc1)C1CCCCC1)C(=O)OCC. The molecule has 3 nitrogen and oxygen atoms in total. The highest BCUT2D eigenvalue weighted by atomic mass is 16.5. The Hall–Kier alpha value is -1.61. The predicted molar refractivity (Wildman–Crippen MR) is 92.0 cm³/mol. The molecule has 126 valence electrons. The second-order valence-corrected chi connectivity index (χ2v) is 6.26. The van der Waals surface area contributed by atoms with E-state index in [1.165, 1.54) is 32.1 Å². The van der Waals surface area contributed by atoms with Crippen LogP contribution in [0.3, 0.4) is 0 Å². The lowest BCUT2D eigenvalue weighted by atomic mass is 9.83. The number of hydrogen-bond donors (Lipinski definition) is 0. The molecule has 2 rings (SSSR count). The molecule has 0 amide bonds. The third-order valence-electron chi connectivity index (χ3n) is 4.49. The van der Waals surface area contributed by atoms with Crippen molar-refractivity contribution in [3.05, 3.63) is 48.0 Å². The van der Waals surface area contributed by atoms with E-state index in [0.717, 1.165) is 5.56 Å². The molecule has 1 aliphatic rings. The first-order valence-corrected chi connectivity index (χ1v) is 8.71. The van der Waals surface area contributed by atoms with Crippen molar-refractivity contribution in [3.8, 4) is 0 Å². The normalized spacial score (nSPS) is 16.7. The van der Waals surface area contributed by atoms with Crippen LogP contribution in [-0.2, 0) is 20.9 Å². The van der Waals surface area contributed by atoms with E-state index in [9.17, 15) is 4.79 Å². The van der Waals surface area contributed by atoms with Crippen LogP contribution in [-0.4, -0.2) is 18.7 Å². The number of ether oxygens (including phenoxy) is 2. The third-order valence-corrected chi connectivity index (χ3v) is 4.49. The lowest BCUT2D eigenvalue weighted by molar-refractivity contribution is -0.139.